The number of carbonyl (C=O) groups excluding carboxylic acids is 1. The van der Waals surface area contributed by atoms with Crippen LogP contribution in [0, 0.1) is 0 Å². The molecule has 0 saturated carbocycles. The van der Waals surface area contributed by atoms with Crippen LogP contribution in [0.15, 0.2) is 109 Å². The fraction of sp³-hybridized carbons (Fsp3) is 0.0800. The second-order valence-corrected chi connectivity index (χ2v) is 9.70. The Kier molecular flexibility index (Phi) is 4.59. The second-order valence-electron chi connectivity index (χ2n) is 7.04. The summed E-state index contributed by atoms with van der Waals surface area (Å²) in [4.78, 5) is 16.1. The zero-order valence-corrected chi connectivity index (χ0v) is 17.5. The number of carbonyl (C=O) groups is 1. The molecule has 5 rings (SSSR count). The number of benzene rings is 3. The van der Waals surface area contributed by atoms with Gasteiger partial charge in [0, 0.05) is 0 Å². The maximum absolute atomic E-state index is 14.1. The van der Waals surface area contributed by atoms with Gasteiger partial charge in [0.05, 0.1) is 0 Å². The summed E-state index contributed by atoms with van der Waals surface area (Å²) in [7, 11) is 0. The van der Waals surface area contributed by atoms with Crippen molar-refractivity contribution in [3.63, 3.8) is 0 Å². The standard InChI is InChI=1S/C25H20N2OSe/c28-24-25(26-17-9-10-18-26,29-21-13-5-2-6-14-21)22-15-7-8-16-23(22)27(24)19-20-11-3-1-4-12-20/h1-18H,19H2. The Bertz CT molecular complexity index is 1130. The average Bonchev–Trinajstić information content (AvgIpc) is 3.38. The third-order valence-electron chi connectivity index (χ3n) is 5.26. The number of amides is 1. The number of fused-ring (bicyclic) bond motifs is 1. The predicted octanol–water partition coefficient (Wildman–Crippen LogP) is 3.77. The van der Waals surface area contributed by atoms with E-state index in [0.29, 0.717) is 6.54 Å². The summed E-state index contributed by atoms with van der Waals surface area (Å²) in [5, 5.41) is 0. The van der Waals surface area contributed by atoms with Gasteiger partial charge in [-0.05, 0) is 0 Å². The minimum atomic E-state index is -0.719. The van der Waals surface area contributed by atoms with E-state index >= 15 is 0 Å². The zero-order valence-electron chi connectivity index (χ0n) is 15.8. The Morgan fingerprint density at radius 1 is 0.724 bits per heavy atom. The van der Waals surface area contributed by atoms with Crippen molar-refractivity contribution in [1.29, 1.82) is 0 Å². The van der Waals surface area contributed by atoms with Gasteiger partial charge in [0.25, 0.3) is 0 Å². The summed E-state index contributed by atoms with van der Waals surface area (Å²) in [6, 6.07) is 32.8. The number of hydrogen-bond donors (Lipinski definition) is 0. The van der Waals surface area contributed by atoms with E-state index in [1.165, 1.54) is 4.46 Å². The molecule has 1 aromatic heterocycles. The Morgan fingerprint density at radius 2 is 1.34 bits per heavy atom. The minimum absolute atomic E-state index is 0.119. The van der Waals surface area contributed by atoms with Gasteiger partial charge in [0.2, 0.25) is 0 Å². The quantitative estimate of drug-likeness (QED) is 0.431. The van der Waals surface area contributed by atoms with E-state index in [4.69, 9.17) is 0 Å². The third-order valence-corrected chi connectivity index (χ3v) is 8.21. The molecule has 0 radical (unpaired) electrons. The molecule has 0 aliphatic carbocycles. The van der Waals surface area contributed by atoms with Crippen molar-refractivity contribution >= 4 is 31.0 Å². The Balaban J connectivity index is 1.67. The van der Waals surface area contributed by atoms with E-state index in [1.807, 2.05) is 78.0 Å². The van der Waals surface area contributed by atoms with Crippen molar-refractivity contribution in [2.24, 2.45) is 0 Å². The van der Waals surface area contributed by atoms with Crippen molar-refractivity contribution in [3.05, 3.63) is 121 Å². The first kappa shape index (κ1) is 18.0. The summed E-state index contributed by atoms with van der Waals surface area (Å²) in [6.07, 6.45) is 4.04. The number of rotatable bonds is 5. The van der Waals surface area contributed by atoms with Crippen molar-refractivity contribution in [2.75, 3.05) is 4.90 Å². The van der Waals surface area contributed by atoms with E-state index in [0.717, 1.165) is 16.8 Å². The van der Waals surface area contributed by atoms with Crippen LogP contribution in [0.4, 0.5) is 5.69 Å². The molecule has 4 heteroatoms. The monoisotopic (exact) mass is 444 g/mol. The number of anilines is 1. The molecule has 1 atom stereocenters. The molecule has 3 aromatic carbocycles. The molecule has 142 valence electrons. The number of aromatic nitrogens is 1. The van der Waals surface area contributed by atoms with Gasteiger partial charge in [-0.3, -0.25) is 0 Å². The molecule has 0 spiro atoms. The number of nitrogens with zero attached hydrogens (tertiary/aromatic N) is 2. The van der Waals surface area contributed by atoms with Crippen LogP contribution in [0.3, 0.4) is 0 Å². The van der Waals surface area contributed by atoms with Crippen molar-refractivity contribution in [3.8, 4) is 0 Å². The molecule has 1 aliphatic heterocycles. The summed E-state index contributed by atoms with van der Waals surface area (Å²) in [5.41, 5.74) is 3.22. The van der Waals surface area contributed by atoms with Gasteiger partial charge in [-0.15, -0.1) is 0 Å². The van der Waals surface area contributed by atoms with Gasteiger partial charge in [0.15, 0.2) is 0 Å². The van der Waals surface area contributed by atoms with Crippen LogP contribution >= 0.6 is 0 Å². The Morgan fingerprint density at radius 3 is 2.07 bits per heavy atom. The van der Waals surface area contributed by atoms with Crippen LogP contribution in [0.1, 0.15) is 11.1 Å². The summed E-state index contributed by atoms with van der Waals surface area (Å²) in [5.74, 6) is 0.141. The summed E-state index contributed by atoms with van der Waals surface area (Å²) >= 11 is -0.119. The SMILES string of the molecule is O=C1N(Cc2ccccc2)c2ccccc2C1([Se]c1ccccc1)n1cccc1. The molecule has 0 fully saturated rings. The van der Waals surface area contributed by atoms with E-state index < -0.39 is 4.44 Å². The molecule has 0 N–H and O–H groups in total. The van der Waals surface area contributed by atoms with E-state index in [1.54, 1.807) is 0 Å². The van der Waals surface area contributed by atoms with E-state index in [9.17, 15) is 4.79 Å². The first-order valence-electron chi connectivity index (χ1n) is 9.62. The molecule has 4 aromatic rings. The molecule has 3 nitrogen and oxygen atoms in total. The van der Waals surface area contributed by atoms with Gasteiger partial charge in [-0.25, -0.2) is 0 Å². The molecular formula is C25H20N2OSe. The fourth-order valence-corrected chi connectivity index (χ4v) is 6.75. The van der Waals surface area contributed by atoms with Gasteiger partial charge in [0.1, 0.15) is 0 Å². The molecule has 1 unspecified atom stereocenters. The molecule has 29 heavy (non-hydrogen) atoms. The van der Waals surface area contributed by atoms with Gasteiger partial charge >= 0.3 is 177 Å². The Labute approximate surface area is 176 Å². The van der Waals surface area contributed by atoms with Crippen LogP contribution in [0.25, 0.3) is 0 Å². The normalized spacial score (nSPS) is 18.1. The molecule has 2 heterocycles. The van der Waals surface area contributed by atoms with Gasteiger partial charge < -0.3 is 0 Å². The van der Waals surface area contributed by atoms with Crippen molar-refractivity contribution in [1.82, 2.24) is 4.57 Å². The molecule has 0 saturated heterocycles. The average molecular weight is 443 g/mol. The zero-order chi connectivity index (χ0) is 19.7. The second kappa shape index (κ2) is 7.40. The first-order valence-corrected chi connectivity index (χ1v) is 11.3. The van der Waals surface area contributed by atoms with Crippen molar-refractivity contribution < 1.29 is 4.79 Å². The Hall–Kier alpha value is -3.07. The van der Waals surface area contributed by atoms with Crippen LogP contribution < -0.4 is 9.36 Å². The van der Waals surface area contributed by atoms with E-state index in [-0.39, 0.29) is 20.9 Å². The number of para-hydroxylation sites is 1. The van der Waals surface area contributed by atoms with Crippen LogP contribution in [-0.2, 0) is 15.8 Å². The molecule has 0 bridgehead atoms. The molecule has 1 amide bonds. The fourth-order valence-electron chi connectivity index (χ4n) is 3.93. The topological polar surface area (TPSA) is 25.2 Å². The van der Waals surface area contributed by atoms with Gasteiger partial charge in [-0.1, -0.05) is 0 Å². The van der Waals surface area contributed by atoms with Gasteiger partial charge in [-0.2, -0.15) is 0 Å². The van der Waals surface area contributed by atoms with Crippen molar-refractivity contribution in [2.45, 2.75) is 11.0 Å². The van der Waals surface area contributed by atoms with E-state index in [2.05, 4.69) is 41.0 Å². The molecular weight excluding hydrogens is 423 g/mol. The van der Waals surface area contributed by atoms with Crippen LogP contribution in [0.2, 0.25) is 0 Å². The summed E-state index contributed by atoms with van der Waals surface area (Å²) in [6.45, 7) is 0.574. The van der Waals surface area contributed by atoms with Crippen LogP contribution in [-0.4, -0.2) is 25.4 Å². The molecule has 1 aliphatic rings. The van der Waals surface area contributed by atoms with Crippen LogP contribution in [0.5, 0.6) is 0 Å². The predicted molar refractivity (Wildman–Crippen MR) is 117 cm³/mol. The maximum atomic E-state index is 14.1. The summed E-state index contributed by atoms with van der Waals surface area (Å²) < 4.78 is 2.59. The number of hydrogen-bond acceptors (Lipinski definition) is 1. The first-order chi connectivity index (χ1) is 14.3. The third kappa shape index (κ3) is 3.02.